The molecule has 0 unspecified atom stereocenters. The van der Waals surface area contributed by atoms with Gasteiger partial charge in [-0.15, -0.1) is 0 Å². The summed E-state index contributed by atoms with van der Waals surface area (Å²) >= 11 is 0. The van der Waals surface area contributed by atoms with Crippen LogP contribution < -0.4 is 10.1 Å². The van der Waals surface area contributed by atoms with E-state index in [-0.39, 0.29) is 0 Å². The number of rotatable bonds is 3. The van der Waals surface area contributed by atoms with E-state index in [4.69, 9.17) is 4.74 Å². The lowest BCUT2D eigenvalue weighted by atomic mass is 10.1. The van der Waals surface area contributed by atoms with Crippen molar-refractivity contribution < 1.29 is 4.74 Å². The summed E-state index contributed by atoms with van der Waals surface area (Å²) in [5.41, 5.74) is 1.18. The Labute approximate surface area is 96.5 Å². The van der Waals surface area contributed by atoms with Crippen molar-refractivity contribution in [2.45, 2.75) is 25.8 Å². The zero-order chi connectivity index (χ0) is 11.2. The molecule has 0 aliphatic carbocycles. The molecule has 0 fully saturated rings. The minimum absolute atomic E-state index is 0.794. The number of hydrogen-bond acceptors (Lipinski definition) is 3. The highest BCUT2D eigenvalue weighted by molar-refractivity contribution is 5.82. The van der Waals surface area contributed by atoms with Crippen molar-refractivity contribution in [3.63, 3.8) is 0 Å². The van der Waals surface area contributed by atoms with E-state index in [2.05, 4.69) is 16.4 Å². The first-order valence-corrected chi connectivity index (χ1v) is 5.79. The van der Waals surface area contributed by atoms with Crippen LogP contribution in [0, 0.1) is 0 Å². The molecule has 1 aromatic carbocycles. The molecule has 3 nitrogen and oxygen atoms in total. The molecule has 0 bridgehead atoms. The third-order valence-electron chi connectivity index (χ3n) is 2.80. The average molecular weight is 218 g/mol. The van der Waals surface area contributed by atoms with Crippen molar-refractivity contribution in [2.75, 3.05) is 13.7 Å². The number of ether oxygens (including phenoxy) is 1. The lowest BCUT2D eigenvalue weighted by molar-refractivity contribution is 0.409. The van der Waals surface area contributed by atoms with Gasteiger partial charge in [-0.25, -0.2) is 0 Å². The van der Waals surface area contributed by atoms with E-state index < -0.39 is 0 Å². The number of aliphatic imine (C=N–C) groups is 1. The van der Waals surface area contributed by atoms with Crippen LogP contribution in [0.25, 0.3) is 0 Å². The monoisotopic (exact) mass is 218 g/mol. The van der Waals surface area contributed by atoms with E-state index >= 15 is 0 Å². The maximum absolute atomic E-state index is 5.31. The number of methoxy groups -OCH3 is 1. The van der Waals surface area contributed by atoms with Gasteiger partial charge in [-0.3, -0.25) is 4.99 Å². The molecule has 0 aromatic heterocycles. The van der Waals surface area contributed by atoms with Crippen LogP contribution >= 0.6 is 0 Å². The Hall–Kier alpha value is -1.51. The maximum Gasteiger partial charge on any atom is 0.123 e. The molecule has 1 aliphatic heterocycles. The summed E-state index contributed by atoms with van der Waals surface area (Å²) in [6.45, 7) is 1.76. The molecule has 1 heterocycles. The summed E-state index contributed by atoms with van der Waals surface area (Å²) in [5.74, 6) is 2.07. The summed E-state index contributed by atoms with van der Waals surface area (Å²) in [7, 11) is 1.71. The summed E-state index contributed by atoms with van der Waals surface area (Å²) in [4.78, 5) is 4.46. The first kappa shape index (κ1) is 11.0. The maximum atomic E-state index is 5.31. The molecule has 0 spiro atoms. The SMILES string of the molecule is COc1ccccc1CNC1=NCCCC1. The first-order valence-electron chi connectivity index (χ1n) is 5.79. The van der Waals surface area contributed by atoms with E-state index in [1.54, 1.807) is 7.11 Å². The second-order valence-electron chi connectivity index (χ2n) is 3.95. The van der Waals surface area contributed by atoms with E-state index in [0.29, 0.717) is 0 Å². The molecule has 86 valence electrons. The van der Waals surface area contributed by atoms with Crippen molar-refractivity contribution >= 4 is 5.84 Å². The van der Waals surface area contributed by atoms with Crippen LogP contribution in [0.15, 0.2) is 29.3 Å². The minimum atomic E-state index is 0.794. The molecule has 1 aromatic rings. The molecule has 1 aliphatic rings. The van der Waals surface area contributed by atoms with Gasteiger partial charge in [-0.05, 0) is 18.9 Å². The molecular weight excluding hydrogens is 200 g/mol. The topological polar surface area (TPSA) is 33.6 Å². The molecule has 0 radical (unpaired) electrons. The van der Waals surface area contributed by atoms with Gasteiger partial charge in [0, 0.05) is 25.1 Å². The van der Waals surface area contributed by atoms with Crippen LogP contribution in [0.5, 0.6) is 5.75 Å². The number of para-hydroxylation sites is 1. The summed E-state index contributed by atoms with van der Waals surface area (Å²) in [5, 5.41) is 3.38. The number of nitrogens with one attached hydrogen (secondary N) is 1. The zero-order valence-electron chi connectivity index (χ0n) is 9.70. The molecule has 0 atom stereocenters. The van der Waals surface area contributed by atoms with Crippen LogP contribution in [0.2, 0.25) is 0 Å². The van der Waals surface area contributed by atoms with Gasteiger partial charge in [-0.1, -0.05) is 18.2 Å². The van der Waals surface area contributed by atoms with Gasteiger partial charge in [0.15, 0.2) is 0 Å². The number of amidine groups is 1. The summed E-state index contributed by atoms with van der Waals surface area (Å²) in [6, 6.07) is 8.08. The van der Waals surface area contributed by atoms with Gasteiger partial charge in [0.05, 0.1) is 12.9 Å². The lowest BCUT2D eigenvalue weighted by Gasteiger charge is -2.15. The number of nitrogens with zero attached hydrogens (tertiary/aromatic N) is 1. The third kappa shape index (κ3) is 2.75. The van der Waals surface area contributed by atoms with Crippen LogP contribution in [-0.2, 0) is 6.54 Å². The van der Waals surface area contributed by atoms with E-state index in [9.17, 15) is 0 Å². The third-order valence-corrected chi connectivity index (χ3v) is 2.80. The van der Waals surface area contributed by atoms with E-state index in [1.807, 2.05) is 18.2 Å². The van der Waals surface area contributed by atoms with Gasteiger partial charge in [0.2, 0.25) is 0 Å². The van der Waals surface area contributed by atoms with Crippen molar-refractivity contribution in [2.24, 2.45) is 4.99 Å². The molecule has 0 saturated heterocycles. The lowest BCUT2D eigenvalue weighted by Crippen LogP contribution is -2.25. The molecular formula is C13H18N2O. The Morgan fingerprint density at radius 2 is 2.19 bits per heavy atom. The summed E-state index contributed by atoms with van der Waals surface area (Å²) in [6.07, 6.45) is 3.55. The highest BCUT2D eigenvalue weighted by Crippen LogP contribution is 2.17. The van der Waals surface area contributed by atoms with Crippen molar-refractivity contribution in [1.82, 2.24) is 5.32 Å². The molecule has 3 heteroatoms. The second-order valence-corrected chi connectivity index (χ2v) is 3.95. The van der Waals surface area contributed by atoms with Crippen LogP contribution in [-0.4, -0.2) is 19.5 Å². The highest BCUT2D eigenvalue weighted by Gasteiger charge is 2.06. The second kappa shape index (κ2) is 5.54. The molecule has 0 saturated carbocycles. The van der Waals surface area contributed by atoms with E-state index in [1.165, 1.54) is 18.4 Å². The van der Waals surface area contributed by atoms with Crippen molar-refractivity contribution in [3.8, 4) is 5.75 Å². The van der Waals surface area contributed by atoms with Crippen LogP contribution in [0.1, 0.15) is 24.8 Å². The smallest absolute Gasteiger partial charge is 0.123 e. The van der Waals surface area contributed by atoms with E-state index in [0.717, 1.165) is 31.1 Å². The minimum Gasteiger partial charge on any atom is -0.496 e. The highest BCUT2D eigenvalue weighted by atomic mass is 16.5. The Morgan fingerprint density at radius 1 is 1.31 bits per heavy atom. The Morgan fingerprint density at radius 3 is 2.94 bits per heavy atom. The molecule has 1 N–H and O–H groups in total. The molecule has 0 amide bonds. The first-order chi connectivity index (χ1) is 7.90. The fourth-order valence-corrected chi connectivity index (χ4v) is 1.89. The molecule has 16 heavy (non-hydrogen) atoms. The van der Waals surface area contributed by atoms with Crippen LogP contribution in [0.4, 0.5) is 0 Å². The fraction of sp³-hybridized carbons (Fsp3) is 0.462. The van der Waals surface area contributed by atoms with Crippen molar-refractivity contribution in [1.29, 1.82) is 0 Å². The standard InChI is InChI=1S/C13H18N2O/c1-16-12-7-3-2-6-11(12)10-15-13-8-4-5-9-14-13/h2-3,6-7H,4-5,8-10H2,1H3,(H,14,15). The fourth-order valence-electron chi connectivity index (χ4n) is 1.89. The largest absolute Gasteiger partial charge is 0.496 e. The Bertz CT molecular complexity index is 374. The van der Waals surface area contributed by atoms with Gasteiger partial charge >= 0.3 is 0 Å². The van der Waals surface area contributed by atoms with Gasteiger partial charge in [0.1, 0.15) is 5.75 Å². The van der Waals surface area contributed by atoms with Crippen molar-refractivity contribution in [3.05, 3.63) is 29.8 Å². The number of benzene rings is 1. The number of hydrogen-bond donors (Lipinski definition) is 1. The Balaban J connectivity index is 1.96. The van der Waals surface area contributed by atoms with Gasteiger partial charge < -0.3 is 10.1 Å². The van der Waals surface area contributed by atoms with Crippen LogP contribution in [0.3, 0.4) is 0 Å². The quantitative estimate of drug-likeness (QED) is 0.845. The summed E-state index contributed by atoms with van der Waals surface area (Å²) < 4.78 is 5.31. The van der Waals surface area contributed by atoms with Gasteiger partial charge in [-0.2, -0.15) is 0 Å². The molecule has 2 rings (SSSR count). The zero-order valence-corrected chi connectivity index (χ0v) is 9.70. The average Bonchev–Trinajstić information content (AvgIpc) is 2.38. The van der Waals surface area contributed by atoms with Gasteiger partial charge in [0.25, 0.3) is 0 Å². The predicted octanol–water partition coefficient (Wildman–Crippen LogP) is 2.37. The predicted molar refractivity (Wildman–Crippen MR) is 66.0 cm³/mol. The normalized spacial score (nSPS) is 15.4. The Kier molecular flexibility index (Phi) is 3.81.